The molecule has 2 aromatic carbocycles. The average Bonchev–Trinajstić information content (AvgIpc) is 2.90. The fourth-order valence-electron chi connectivity index (χ4n) is 4.70. The normalized spacial score (nSPS) is 14.5. The first-order valence-electron chi connectivity index (χ1n) is 13.5. The largest absolute Gasteiger partial charge is 0.459 e. The first-order chi connectivity index (χ1) is 17.0. The van der Waals surface area contributed by atoms with Gasteiger partial charge < -0.3 is 9.47 Å². The molecular formula is C31H44O4. The molecule has 0 heterocycles. The van der Waals surface area contributed by atoms with E-state index in [0.717, 1.165) is 64.2 Å². The van der Waals surface area contributed by atoms with E-state index in [4.69, 9.17) is 9.47 Å². The highest BCUT2D eigenvalue weighted by molar-refractivity contribution is 5.90. The van der Waals surface area contributed by atoms with Gasteiger partial charge in [-0.3, -0.25) is 0 Å². The molecule has 35 heavy (non-hydrogen) atoms. The molecule has 0 spiro atoms. The summed E-state index contributed by atoms with van der Waals surface area (Å²) in [5.74, 6) is -0.209. The van der Waals surface area contributed by atoms with E-state index in [2.05, 4.69) is 27.7 Å². The number of rotatable bonds is 16. The monoisotopic (exact) mass is 480 g/mol. The van der Waals surface area contributed by atoms with Crippen LogP contribution in [0.3, 0.4) is 0 Å². The molecule has 2 aromatic rings. The quantitative estimate of drug-likeness (QED) is 0.226. The summed E-state index contributed by atoms with van der Waals surface area (Å²) < 4.78 is 12.2. The Morgan fingerprint density at radius 2 is 1.37 bits per heavy atom. The second kappa shape index (κ2) is 15.4. The number of unbranched alkanes of at least 4 members (excludes halogenated alkanes) is 2. The predicted molar refractivity (Wildman–Crippen MR) is 143 cm³/mol. The Labute approximate surface area is 212 Å². The van der Waals surface area contributed by atoms with Crippen LogP contribution >= 0.6 is 0 Å². The molecule has 3 unspecified atom stereocenters. The summed E-state index contributed by atoms with van der Waals surface area (Å²) in [4.78, 5) is 25.8. The van der Waals surface area contributed by atoms with Crippen LogP contribution in [0, 0.1) is 5.92 Å². The molecule has 3 atom stereocenters. The van der Waals surface area contributed by atoms with Crippen LogP contribution in [0.15, 0.2) is 60.7 Å². The molecule has 0 fully saturated rings. The van der Waals surface area contributed by atoms with Crippen molar-refractivity contribution < 1.29 is 19.1 Å². The number of benzene rings is 2. The maximum absolute atomic E-state index is 13.1. The van der Waals surface area contributed by atoms with E-state index in [1.54, 1.807) is 12.1 Å². The minimum atomic E-state index is -0.511. The van der Waals surface area contributed by atoms with E-state index in [-0.39, 0.29) is 18.0 Å². The molecule has 0 aliphatic carbocycles. The summed E-state index contributed by atoms with van der Waals surface area (Å²) in [5, 5.41) is 0. The summed E-state index contributed by atoms with van der Waals surface area (Å²) in [6.07, 6.45) is 9.11. The number of carbonyl (C=O) groups excluding carboxylic acids is 2. The van der Waals surface area contributed by atoms with Crippen LogP contribution < -0.4 is 0 Å². The highest BCUT2D eigenvalue weighted by atomic mass is 16.6. The zero-order chi connectivity index (χ0) is 25.5. The van der Waals surface area contributed by atoms with E-state index in [0.29, 0.717) is 17.0 Å². The zero-order valence-electron chi connectivity index (χ0n) is 22.1. The van der Waals surface area contributed by atoms with Crippen LogP contribution in [0.2, 0.25) is 0 Å². The third kappa shape index (κ3) is 9.51. The number of carbonyl (C=O) groups is 2. The second-order valence-corrected chi connectivity index (χ2v) is 9.65. The molecule has 4 heteroatoms. The SMILES string of the molecule is CCCCC(CC(CC)OC(=O)c1ccccc1)CC(CC)(CCCC)OC(=O)c1ccccc1. The number of ether oxygens (including phenoxy) is 2. The highest BCUT2D eigenvalue weighted by Gasteiger charge is 2.36. The first-order valence-corrected chi connectivity index (χ1v) is 13.5. The Morgan fingerprint density at radius 3 is 1.89 bits per heavy atom. The van der Waals surface area contributed by atoms with Gasteiger partial charge in [0.05, 0.1) is 11.1 Å². The van der Waals surface area contributed by atoms with Gasteiger partial charge in [-0.2, -0.15) is 0 Å². The van der Waals surface area contributed by atoms with Gasteiger partial charge in [0.15, 0.2) is 0 Å². The molecule has 0 amide bonds. The van der Waals surface area contributed by atoms with Crippen LogP contribution in [0.25, 0.3) is 0 Å². The second-order valence-electron chi connectivity index (χ2n) is 9.65. The van der Waals surface area contributed by atoms with Crippen LogP contribution in [0.5, 0.6) is 0 Å². The lowest BCUT2D eigenvalue weighted by atomic mass is 9.79. The lowest BCUT2D eigenvalue weighted by Crippen LogP contribution is -2.38. The molecule has 192 valence electrons. The molecule has 2 rings (SSSR count). The average molecular weight is 481 g/mol. The van der Waals surface area contributed by atoms with Crippen LogP contribution in [0.4, 0.5) is 0 Å². The van der Waals surface area contributed by atoms with Crippen molar-refractivity contribution in [1.29, 1.82) is 0 Å². The maximum atomic E-state index is 13.1. The summed E-state index contributed by atoms with van der Waals surface area (Å²) in [6.45, 7) is 8.56. The lowest BCUT2D eigenvalue weighted by Gasteiger charge is -2.37. The van der Waals surface area contributed by atoms with Gasteiger partial charge in [0.2, 0.25) is 0 Å². The molecule has 0 aliphatic rings. The number of hydrogen-bond acceptors (Lipinski definition) is 4. The van der Waals surface area contributed by atoms with Gasteiger partial charge in [0.1, 0.15) is 11.7 Å². The van der Waals surface area contributed by atoms with Crippen molar-refractivity contribution in [2.45, 2.75) is 104 Å². The topological polar surface area (TPSA) is 52.6 Å². The van der Waals surface area contributed by atoms with E-state index < -0.39 is 5.60 Å². The van der Waals surface area contributed by atoms with Crippen LogP contribution in [0.1, 0.15) is 113 Å². The number of esters is 2. The Hall–Kier alpha value is -2.62. The molecule has 0 bridgehead atoms. The van der Waals surface area contributed by atoms with Gasteiger partial charge in [-0.1, -0.05) is 89.8 Å². The van der Waals surface area contributed by atoms with Crippen LogP contribution in [-0.4, -0.2) is 23.6 Å². The van der Waals surface area contributed by atoms with Crippen molar-refractivity contribution in [3.63, 3.8) is 0 Å². The molecule has 0 radical (unpaired) electrons. The third-order valence-electron chi connectivity index (χ3n) is 6.91. The van der Waals surface area contributed by atoms with Gasteiger partial charge in [0.25, 0.3) is 0 Å². The molecule has 0 aliphatic heterocycles. The fourth-order valence-corrected chi connectivity index (χ4v) is 4.70. The fraction of sp³-hybridized carbons (Fsp3) is 0.548. The summed E-state index contributed by atoms with van der Waals surface area (Å²) in [7, 11) is 0. The molecular weight excluding hydrogens is 436 g/mol. The Balaban J connectivity index is 2.19. The smallest absolute Gasteiger partial charge is 0.338 e. The third-order valence-corrected chi connectivity index (χ3v) is 6.91. The van der Waals surface area contributed by atoms with Crippen molar-refractivity contribution in [2.24, 2.45) is 5.92 Å². The van der Waals surface area contributed by atoms with Crippen LogP contribution in [-0.2, 0) is 9.47 Å². The summed E-state index contributed by atoms with van der Waals surface area (Å²) in [5.41, 5.74) is 0.664. The number of hydrogen-bond donors (Lipinski definition) is 0. The van der Waals surface area contributed by atoms with E-state index in [1.165, 1.54) is 0 Å². The van der Waals surface area contributed by atoms with Crippen molar-refractivity contribution in [3.05, 3.63) is 71.8 Å². The molecule has 0 aromatic heterocycles. The lowest BCUT2D eigenvalue weighted by molar-refractivity contribution is -0.0440. The minimum absolute atomic E-state index is 0.157. The van der Waals surface area contributed by atoms with Gasteiger partial charge >= 0.3 is 11.9 Å². The van der Waals surface area contributed by atoms with Gasteiger partial charge in [-0.05, 0) is 68.7 Å². The van der Waals surface area contributed by atoms with Crippen molar-refractivity contribution in [1.82, 2.24) is 0 Å². The molecule has 0 saturated heterocycles. The summed E-state index contributed by atoms with van der Waals surface area (Å²) in [6, 6.07) is 18.5. The van der Waals surface area contributed by atoms with Crippen molar-refractivity contribution in [2.75, 3.05) is 0 Å². The minimum Gasteiger partial charge on any atom is -0.459 e. The van der Waals surface area contributed by atoms with E-state index in [1.807, 2.05) is 48.5 Å². The van der Waals surface area contributed by atoms with E-state index >= 15 is 0 Å². The Morgan fingerprint density at radius 1 is 0.800 bits per heavy atom. The first kappa shape index (κ1) is 28.6. The van der Waals surface area contributed by atoms with Gasteiger partial charge in [0, 0.05) is 0 Å². The standard InChI is InChI=1S/C31H44O4/c1-5-9-17-25(23-28(7-3)34-29(32)26-18-13-11-14-19-26)24-31(8-4,22-10-6-2)35-30(33)27-20-15-12-16-21-27/h11-16,18-21,25,28H,5-10,17,22-24H2,1-4H3. The van der Waals surface area contributed by atoms with E-state index in [9.17, 15) is 9.59 Å². The van der Waals surface area contributed by atoms with Gasteiger partial charge in [-0.15, -0.1) is 0 Å². The highest BCUT2D eigenvalue weighted by Crippen LogP contribution is 2.36. The Kier molecular flexibility index (Phi) is 12.6. The van der Waals surface area contributed by atoms with Crippen molar-refractivity contribution >= 4 is 11.9 Å². The predicted octanol–water partition coefficient (Wildman–Crippen LogP) is 8.40. The molecule has 0 N–H and O–H groups in total. The van der Waals surface area contributed by atoms with Gasteiger partial charge in [-0.25, -0.2) is 9.59 Å². The Bertz CT molecular complexity index is 864. The molecule has 0 saturated carbocycles. The summed E-state index contributed by atoms with van der Waals surface area (Å²) >= 11 is 0. The molecule has 4 nitrogen and oxygen atoms in total. The zero-order valence-corrected chi connectivity index (χ0v) is 22.1. The van der Waals surface area contributed by atoms with Crippen molar-refractivity contribution in [3.8, 4) is 0 Å². The maximum Gasteiger partial charge on any atom is 0.338 e.